The van der Waals surface area contributed by atoms with Gasteiger partial charge in [-0.2, -0.15) is 0 Å². The molecule has 0 radical (unpaired) electrons. The first-order chi connectivity index (χ1) is 12.5. The summed E-state index contributed by atoms with van der Waals surface area (Å²) in [6, 6.07) is 12.1. The molecule has 3 rings (SSSR count). The van der Waals surface area contributed by atoms with E-state index < -0.39 is 0 Å². The maximum absolute atomic E-state index is 10.9. The molecule has 1 saturated heterocycles. The van der Waals surface area contributed by atoms with Gasteiger partial charge in [0.05, 0.1) is 6.04 Å². The highest BCUT2D eigenvalue weighted by molar-refractivity contribution is 6.35. The fourth-order valence-corrected chi connectivity index (χ4v) is 3.78. The summed E-state index contributed by atoms with van der Waals surface area (Å²) in [6.45, 7) is 7.39. The minimum atomic E-state index is 0.0561. The Morgan fingerprint density at radius 3 is 2.46 bits per heavy atom. The number of benzene rings is 2. The molecule has 1 N–H and O–H groups in total. The van der Waals surface area contributed by atoms with Crippen LogP contribution >= 0.6 is 23.2 Å². The molecule has 1 amide bonds. The van der Waals surface area contributed by atoms with Crippen molar-refractivity contribution in [3.05, 3.63) is 57.6 Å². The molecule has 138 valence electrons. The first-order valence-electron chi connectivity index (χ1n) is 8.74. The van der Waals surface area contributed by atoms with Crippen LogP contribution in [0.15, 0.2) is 36.4 Å². The van der Waals surface area contributed by atoms with Crippen LogP contribution in [-0.2, 0) is 4.79 Å². The molecule has 2 aromatic carbocycles. The summed E-state index contributed by atoms with van der Waals surface area (Å²) in [5.74, 6) is 0. The van der Waals surface area contributed by atoms with E-state index in [1.54, 1.807) is 6.07 Å². The van der Waals surface area contributed by atoms with Gasteiger partial charge in [-0.1, -0.05) is 35.3 Å². The number of piperazine rings is 1. The third-order valence-electron chi connectivity index (χ3n) is 4.85. The standard InChI is InChI=1S/C20H23Cl2N3O/c1-14-3-5-17(25-9-7-24(13-26)8-10-25)12-20(14)23-15(2)18-6-4-16(21)11-19(18)22/h3-6,11-13,15,23H,7-10H2,1-2H3/t15-/m1/s1. The Labute approximate surface area is 164 Å². The van der Waals surface area contributed by atoms with Gasteiger partial charge in [-0.05, 0) is 49.2 Å². The van der Waals surface area contributed by atoms with Crippen LogP contribution in [0.2, 0.25) is 10.0 Å². The van der Waals surface area contributed by atoms with Crippen LogP contribution in [0, 0.1) is 6.92 Å². The van der Waals surface area contributed by atoms with Crippen LogP contribution in [0.3, 0.4) is 0 Å². The van der Waals surface area contributed by atoms with Crippen molar-refractivity contribution in [1.82, 2.24) is 4.90 Å². The number of carbonyl (C=O) groups excluding carboxylic acids is 1. The van der Waals surface area contributed by atoms with E-state index in [4.69, 9.17) is 23.2 Å². The fourth-order valence-electron chi connectivity index (χ4n) is 3.21. The van der Waals surface area contributed by atoms with E-state index in [0.29, 0.717) is 10.0 Å². The van der Waals surface area contributed by atoms with Gasteiger partial charge in [0.2, 0.25) is 6.41 Å². The smallest absolute Gasteiger partial charge is 0.209 e. The van der Waals surface area contributed by atoms with Crippen LogP contribution < -0.4 is 10.2 Å². The van der Waals surface area contributed by atoms with Gasteiger partial charge in [0, 0.05) is 47.6 Å². The van der Waals surface area contributed by atoms with Crippen LogP contribution in [0.1, 0.15) is 24.1 Å². The molecule has 0 aromatic heterocycles. The second-order valence-corrected chi connectivity index (χ2v) is 7.50. The Bertz CT molecular complexity index is 789. The maximum Gasteiger partial charge on any atom is 0.209 e. The lowest BCUT2D eigenvalue weighted by Crippen LogP contribution is -2.45. The van der Waals surface area contributed by atoms with E-state index in [2.05, 4.69) is 42.3 Å². The Balaban J connectivity index is 1.76. The number of hydrogen-bond donors (Lipinski definition) is 1. The molecule has 1 heterocycles. The summed E-state index contributed by atoms with van der Waals surface area (Å²) in [5, 5.41) is 4.87. The van der Waals surface area contributed by atoms with Gasteiger partial charge in [-0.3, -0.25) is 4.79 Å². The number of rotatable bonds is 5. The molecular formula is C20H23Cl2N3O. The predicted octanol–water partition coefficient (Wildman–Crippen LogP) is 4.75. The van der Waals surface area contributed by atoms with Gasteiger partial charge in [0.1, 0.15) is 0 Å². The van der Waals surface area contributed by atoms with Crippen molar-refractivity contribution >= 4 is 41.0 Å². The highest BCUT2D eigenvalue weighted by Crippen LogP contribution is 2.31. The van der Waals surface area contributed by atoms with Crippen molar-refractivity contribution in [2.75, 3.05) is 36.4 Å². The number of carbonyl (C=O) groups is 1. The van der Waals surface area contributed by atoms with Gasteiger partial charge < -0.3 is 15.1 Å². The first kappa shape index (κ1) is 18.9. The Hall–Kier alpha value is -1.91. The van der Waals surface area contributed by atoms with E-state index in [9.17, 15) is 4.79 Å². The average Bonchev–Trinajstić information content (AvgIpc) is 2.63. The second kappa shape index (κ2) is 8.19. The molecule has 1 fully saturated rings. The van der Waals surface area contributed by atoms with Crippen molar-refractivity contribution in [2.24, 2.45) is 0 Å². The predicted molar refractivity (Wildman–Crippen MR) is 110 cm³/mol. The third kappa shape index (κ3) is 4.25. The topological polar surface area (TPSA) is 35.6 Å². The monoisotopic (exact) mass is 391 g/mol. The normalized spacial score (nSPS) is 15.7. The summed E-state index contributed by atoms with van der Waals surface area (Å²) >= 11 is 12.3. The van der Waals surface area contributed by atoms with Gasteiger partial charge in [-0.15, -0.1) is 0 Å². The van der Waals surface area contributed by atoms with Gasteiger partial charge >= 0.3 is 0 Å². The van der Waals surface area contributed by atoms with Crippen LogP contribution in [-0.4, -0.2) is 37.5 Å². The number of hydrogen-bond acceptors (Lipinski definition) is 3. The number of halogens is 2. The SMILES string of the molecule is Cc1ccc(N2CCN(C=O)CC2)cc1N[C@H](C)c1ccc(Cl)cc1Cl. The molecule has 26 heavy (non-hydrogen) atoms. The summed E-state index contributed by atoms with van der Waals surface area (Å²) in [4.78, 5) is 15.0. The minimum Gasteiger partial charge on any atom is -0.378 e. The van der Waals surface area contributed by atoms with Crippen molar-refractivity contribution in [1.29, 1.82) is 0 Å². The Kier molecular flexibility index (Phi) is 5.94. The van der Waals surface area contributed by atoms with Crippen molar-refractivity contribution in [2.45, 2.75) is 19.9 Å². The molecule has 1 atom stereocenters. The van der Waals surface area contributed by atoms with Crippen LogP contribution in [0.4, 0.5) is 11.4 Å². The summed E-state index contributed by atoms with van der Waals surface area (Å²) in [6.07, 6.45) is 0.928. The molecule has 4 nitrogen and oxygen atoms in total. The number of nitrogens with one attached hydrogen (secondary N) is 1. The van der Waals surface area contributed by atoms with E-state index in [-0.39, 0.29) is 6.04 Å². The van der Waals surface area contributed by atoms with Gasteiger partial charge in [0.25, 0.3) is 0 Å². The summed E-state index contributed by atoms with van der Waals surface area (Å²) in [7, 11) is 0. The highest BCUT2D eigenvalue weighted by atomic mass is 35.5. The molecular weight excluding hydrogens is 369 g/mol. The maximum atomic E-state index is 10.9. The van der Waals surface area contributed by atoms with Crippen LogP contribution in [0.25, 0.3) is 0 Å². The Morgan fingerprint density at radius 2 is 1.81 bits per heavy atom. The number of amides is 1. The zero-order valence-electron chi connectivity index (χ0n) is 15.0. The van der Waals surface area contributed by atoms with E-state index >= 15 is 0 Å². The number of nitrogens with zero attached hydrogens (tertiary/aromatic N) is 2. The fraction of sp³-hybridized carbons (Fsp3) is 0.350. The Morgan fingerprint density at radius 1 is 1.08 bits per heavy atom. The molecule has 0 unspecified atom stereocenters. The second-order valence-electron chi connectivity index (χ2n) is 6.66. The zero-order valence-corrected chi connectivity index (χ0v) is 16.5. The number of aryl methyl sites for hydroxylation is 1. The first-order valence-corrected chi connectivity index (χ1v) is 9.50. The van der Waals surface area contributed by atoms with Crippen LogP contribution in [0.5, 0.6) is 0 Å². The van der Waals surface area contributed by atoms with Crippen molar-refractivity contribution < 1.29 is 4.79 Å². The van der Waals surface area contributed by atoms with Crippen molar-refractivity contribution in [3.8, 4) is 0 Å². The molecule has 0 saturated carbocycles. The zero-order chi connectivity index (χ0) is 18.7. The third-order valence-corrected chi connectivity index (χ3v) is 5.41. The molecule has 1 aliphatic rings. The number of anilines is 2. The molecule has 0 spiro atoms. The van der Waals surface area contributed by atoms with E-state index in [0.717, 1.165) is 49.5 Å². The molecule has 1 aliphatic heterocycles. The van der Waals surface area contributed by atoms with Gasteiger partial charge in [-0.25, -0.2) is 0 Å². The van der Waals surface area contributed by atoms with Gasteiger partial charge in [0.15, 0.2) is 0 Å². The lowest BCUT2D eigenvalue weighted by atomic mass is 10.1. The summed E-state index contributed by atoms with van der Waals surface area (Å²) in [5.41, 5.74) is 4.44. The lowest BCUT2D eigenvalue weighted by Gasteiger charge is -2.34. The minimum absolute atomic E-state index is 0.0561. The van der Waals surface area contributed by atoms with Crippen molar-refractivity contribution in [3.63, 3.8) is 0 Å². The molecule has 0 aliphatic carbocycles. The summed E-state index contributed by atoms with van der Waals surface area (Å²) < 4.78 is 0. The van der Waals surface area contributed by atoms with E-state index in [1.807, 2.05) is 17.0 Å². The molecule has 2 aromatic rings. The van der Waals surface area contributed by atoms with E-state index in [1.165, 1.54) is 5.56 Å². The molecule has 6 heteroatoms. The largest absolute Gasteiger partial charge is 0.378 e. The average molecular weight is 392 g/mol. The lowest BCUT2D eigenvalue weighted by molar-refractivity contribution is -0.118. The molecule has 0 bridgehead atoms. The highest BCUT2D eigenvalue weighted by Gasteiger charge is 2.17. The quantitative estimate of drug-likeness (QED) is 0.746.